The van der Waals surface area contributed by atoms with Gasteiger partial charge in [-0.2, -0.15) is 0 Å². The van der Waals surface area contributed by atoms with Gasteiger partial charge in [0.2, 0.25) is 0 Å². The lowest BCUT2D eigenvalue weighted by molar-refractivity contribution is -0.123. The number of benzene rings is 2. The molecule has 26 heavy (non-hydrogen) atoms. The molecule has 2 aromatic carbocycles. The molecule has 0 radical (unpaired) electrons. The molecule has 0 bridgehead atoms. The number of rotatable bonds is 7. The van der Waals surface area contributed by atoms with E-state index in [0.29, 0.717) is 17.1 Å². The fourth-order valence-corrected chi connectivity index (χ4v) is 2.32. The average molecular weight is 354 g/mol. The lowest BCUT2D eigenvalue weighted by atomic mass is 10.1. The highest BCUT2D eigenvalue weighted by Gasteiger charge is 2.13. The summed E-state index contributed by atoms with van der Waals surface area (Å²) in [6, 6.07) is 12.4. The normalized spacial score (nSPS) is 9.92. The van der Waals surface area contributed by atoms with E-state index < -0.39 is 11.8 Å². The Balaban J connectivity index is 1.87. The largest absolute Gasteiger partial charge is 0.489 e. The van der Waals surface area contributed by atoms with E-state index in [9.17, 15) is 9.59 Å². The van der Waals surface area contributed by atoms with Crippen LogP contribution in [0.5, 0.6) is 11.5 Å². The van der Waals surface area contributed by atoms with Crippen molar-refractivity contribution >= 4 is 11.8 Å². The highest BCUT2D eigenvalue weighted by atomic mass is 16.5. The summed E-state index contributed by atoms with van der Waals surface area (Å²) in [4.78, 5) is 24.1. The summed E-state index contributed by atoms with van der Waals surface area (Å²) in [5, 5.41) is 0. The van der Waals surface area contributed by atoms with E-state index in [0.717, 1.165) is 11.1 Å². The Labute approximate surface area is 152 Å². The number of hydrogen-bond donors (Lipinski definition) is 2. The van der Waals surface area contributed by atoms with Crippen LogP contribution in [0.1, 0.15) is 21.5 Å². The summed E-state index contributed by atoms with van der Waals surface area (Å²) < 4.78 is 10.9. The number of ether oxygens (including phenoxy) is 2. The third-order valence-electron chi connectivity index (χ3n) is 3.37. The standard InChI is InChI=1S/C20H22N2O4/c1-4-9-25-18-8-6-5-7-17(18)20(24)22-21-19(23)13-26-16-11-14(2)10-15(3)12-16/h4-8,10-12H,1,9,13H2,2-3H3,(H,21,23)(H,22,24). The van der Waals surface area contributed by atoms with Gasteiger partial charge in [0.05, 0.1) is 5.56 Å². The van der Waals surface area contributed by atoms with Gasteiger partial charge in [0.15, 0.2) is 6.61 Å². The summed E-state index contributed by atoms with van der Waals surface area (Å²) in [5.74, 6) is 0.0594. The van der Waals surface area contributed by atoms with Crippen molar-refractivity contribution in [2.75, 3.05) is 13.2 Å². The molecule has 136 valence electrons. The van der Waals surface area contributed by atoms with Crippen LogP contribution in [-0.4, -0.2) is 25.0 Å². The maximum Gasteiger partial charge on any atom is 0.276 e. The van der Waals surface area contributed by atoms with Gasteiger partial charge in [0.1, 0.15) is 18.1 Å². The number of carbonyl (C=O) groups is 2. The Morgan fingerprint density at radius 1 is 1.04 bits per heavy atom. The van der Waals surface area contributed by atoms with Crippen molar-refractivity contribution in [3.05, 3.63) is 71.8 Å². The second-order valence-electron chi connectivity index (χ2n) is 5.71. The number of hydrogen-bond acceptors (Lipinski definition) is 4. The van der Waals surface area contributed by atoms with Crippen molar-refractivity contribution in [3.8, 4) is 11.5 Å². The van der Waals surface area contributed by atoms with Gasteiger partial charge >= 0.3 is 0 Å². The van der Waals surface area contributed by atoms with Crippen LogP contribution in [0.3, 0.4) is 0 Å². The van der Waals surface area contributed by atoms with Crippen molar-refractivity contribution in [2.45, 2.75) is 13.8 Å². The van der Waals surface area contributed by atoms with Gasteiger partial charge in [-0.15, -0.1) is 0 Å². The molecule has 0 aliphatic heterocycles. The second kappa shape index (κ2) is 9.27. The van der Waals surface area contributed by atoms with Crippen molar-refractivity contribution in [2.24, 2.45) is 0 Å². The molecular formula is C20H22N2O4. The highest BCUT2D eigenvalue weighted by molar-refractivity contribution is 5.97. The Morgan fingerprint density at radius 3 is 2.42 bits per heavy atom. The van der Waals surface area contributed by atoms with Crippen LogP contribution in [-0.2, 0) is 4.79 Å². The fourth-order valence-electron chi connectivity index (χ4n) is 2.32. The summed E-state index contributed by atoms with van der Waals surface area (Å²) in [6.07, 6.45) is 1.58. The number of hydrazine groups is 1. The van der Waals surface area contributed by atoms with Gasteiger partial charge in [-0.1, -0.05) is 30.9 Å². The van der Waals surface area contributed by atoms with Gasteiger partial charge in [0, 0.05) is 0 Å². The molecule has 2 N–H and O–H groups in total. The molecular weight excluding hydrogens is 332 g/mol. The molecule has 6 nitrogen and oxygen atoms in total. The first-order valence-corrected chi connectivity index (χ1v) is 8.12. The summed E-state index contributed by atoms with van der Waals surface area (Å²) in [7, 11) is 0. The van der Waals surface area contributed by atoms with Crippen LogP contribution in [0, 0.1) is 13.8 Å². The van der Waals surface area contributed by atoms with E-state index in [2.05, 4.69) is 17.4 Å². The monoisotopic (exact) mass is 354 g/mol. The molecule has 0 aliphatic carbocycles. The molecule has 0 aromatic heterocycles. The van der Waals surface area contributed by atoms with Crippen molar-refractivity contribution < 1.29 is 19.1 Å². The third-order valence-corrected chi connectivity index (χ3v) is 3.37. The predicted molar refractivity (Wildman–Crippen MR) is 99.2 cm³/mol. The van der Waals surface area contributed by atoms with Crippen LogP contribution in [0.25, 0.3) is 0 Å². The average Bonchev–Trinajstić information content (AvgIpc) is 2.62. The minimum absolute atomic E-state index is 0.211. The first-order valence-electron chi connectivity index (χ1n) is 8.12. The summed E-state index contributed by atoms with van der Waals surface area (Å²) in [5.41, 5.74) is 7.08. The van der Waals surface area contributed by atoms with E-state index in [-0.39, 0.29) is 13.2 Å². The molecule has 2 aromatic rings. The number of carbonyl (C=O) groups excluding carboxylic acids is 2. The summed E-state index contributed by atoms with van der Waals surface area (Å²) >= 11 is 0. The minimum atomic E-state index is -0.482. The molecule has 0 spiro atoms. The quantitative estimate of drug-likeness (QED) is 0.592. The molecule has 0 atom stereocenters. The molecule has 2 rings (SSSR count). The van der Waals surface area contributed by atoms with Crippen molar-refractivity contribution in [1.82, 2.24) is 10.9 Å². The van der Waals surface area contributed by atoms with Crippen LogP contribution < -0.4 is 20.3 Å². The predicted octanol–water partition coefficient (Wildman–Crippen LogP) is 2.71. The molecule has 0 heterocycles. The minimum Gasteiger partial charge on any atom is -0.489 e. The van der Waals surface area contributed by atoms with Crippen LogP contribution in [0.15, 0.2) is 55.1 Å². The lowest BCUT2D eigenvalue weighted by Gasteiger charge is -2.12. The van der Waals surface area contributed by atoms with Gasteiger partial charge in [0.25, 0.3) is 11.8 Å². The van der Waals surface area contributed by atoms with Crippen LogP contribution >= 0.6 is 0 Å². The van der Waals surface area contributed by atoms with E-state index >= 15 is 0 Å². The zero-order valence-electron chi connectivity index (χ0n) is 14.9. The molecule has 0 saturated heterocycles. The molecule has 0 aliphatic rings. The Hall–Kier alpha value is -3.28. The van der Waals surface area contributed by atoms with Gasteiger partial charge in [-0.05, 0) is 49.2 Å². The van der Waals surface area contributed by atoms with Gasteiger partial charge in [-0.3, -0.25) is 20.4 Å². The fraction of sp³-hybridized carbons (Fsp3) is 0.200. The maximum absolute atomic E-state index is 12.2. The van der Waals surface area contributed by atoms with E-state index in [1.54, 1.807) is 30.3 Å². The molecule has 0 saturated carbocycles. The highest BCUT2D eigenvalue weighted by Crippen LogP contribution is 2.18. The Kier molecular flexibility index (Phi) is 6.79. The van der Waals surface area contributed by atoms with E-state index in [4.69, 9.17) is 9.47 Å². The zero-order chi connectivity index (χ0) is 18.9. The van der Waals surface area contributed by atoms with Crippen LogP contribution in [0.4, 0.5) is 0 Å². The molecule has 0 fully saturated rings. The topological polar surface area (TPSA) is 76.7 Å². The smallest absolute Gasteiger partial charge is 0.276 e. The van der Waals surface area contributed by atoms with Gasteiger partial charge < -0.3 is 9.47 Å². The zero-order valence-corrected chi connectivity index (χ0v) is 14.9. The maximum atomic E-state index is 12.2. The van der Waals surface area contributed by atoms with E-state index in [1.165, 1.54) is 0 Å². The molecule has 2 amide bonds. The van der Waals surface area contributed by atoms with Crippen molar-refractivity contribution in [3.63, 3.8) is 0 Å². The number of nitrogens with one attached hydrogen (secondary N) is 2. The number of aryl methyl sites for hydroxylation is 2. The summed E-state index contributed by atoms with van der Waals surface area (Å²) in [6.45, 7) is 7.54. The Bertz CT molecular complexity index is 782. The molecule has 6 heteroatoms. The van der Waals surface area contributed by atoms with E-state index in [1.807, 2.05) is 32.0 Å². The third kappa shape index (κ3) is 5.66. The first-order chi connectivity index (χ1) is 12.5. The first kappa shape index (κ1) is 19.1. The van der Waals surface area contributed by atoms with Crippen molar-refractivity contribution in [1.29, 1.82) is 0 Å². The lowest BCUT2D eigenvalue weighted by Crippen LogP contribution is -2.43. The van der Waals surface area contributed by atoms with Gasteiger partial charge in [-0.25, -0.2) is 0 Å². The molecule has 0 unspecified atom stereocenters. The SMILES string of the molecule is C=CCOc1ccccc1C(=O)NNC(=O)COc1cc(C)cc(C)c1. The number of amides is 2. The second-order valence-corrected chi connectivity index (χ2v) is 5.71. The number of para-hydroxylation sites is 1. The Morgan fingerprint density at radius 2 is 1.73 bits per heavy atom. The van der Waals surface area contributed by atoms with Crippen LogP contribution in [0.2, 0.25) is 0 Å².